The van der Waals surface area contributed by atoms with Gasteiger partial charge < -0.3 is 9.55 Å². The summed E-state index contributed by atoms with van der Waals surface area (Å²) in [4.78, 5) is 7.01. The summed E-state index contributed by atoms with van der Waals surface area (Å²) < 4.78 is 40.3. The fourth-order valence-corrected chi connectivity index (χ4v) is 3.04. The van der Waals surface area contributed by atoms with Crippen LogP contribution in [0.3, 0.4) is 0 Å². The van der Waals surface area contributed by atoms with Crippen molar-refractivity contribution in [3.63, 3.8) is 0 Å². The Bertz CT molecular complexity index is 815. The van der Waals surface area contributed by atoms with E-state index in [2.05, 4.69) is 9.97 Å². The lowest BCUT2D eigenvalue weighted by atomic mass is 10.2. The van der Waals surface area contributed by atoms with Gasteiger partial charge >= 0.3 is 6.18 Å². The number of hydrogen-bond acceptors (Lipinski definition) is 3. The monoisotopic (exact) mass is 329 g/mol. The van der Waals surface area contributed by atoms with Crippen LogP contribution in [0.25, 0.3) is 11.0 Å². The summed E-state index contributed by atoms with van der Waals surface area (Å²) in [6, 6.07) is 3.61. The van der Waals surface area contributed by atoms with E-state index in [1.165, 1.54) is 17.4 Å². The number of aromatic nitrogens is 3. The highest BCUT2D eigenvalue weighted by Gasteiger charge is 2.30. The molecule has 3 aromatic rings. The van der Waals surface area contributed by atoms with Gasteiger partial charge in [0.15, 0.2) is 4.77 Å². The van der Waals surface area contributed by atoms with Crippen molar-refractivity contribution < 1.29 is 13.2 Å². The number of imidazole rings is 1. The van der Waals surface area contributed by atoms with Crippen molar-refractivity contribution in [3.05, 3.63) is 45.1 Å². The first kappa shape index (κ1) is 14.3. The van der Waals surface area contributed by atoms with Gasteiger partial charge in [0.05, 0.1) is 27.8 Å². The number of hydrogen-bond donors (Lipinski definition) is 1. The van der Waals surface area contributed by atoms with Crippen LogP contribution < -0.4 is 0 Å². The Kier molecular flexibility index (Phi) is 3.58. The number of alkyl halides is 3. The zero-order valence-corrected chi connectivity index (χ0v) is 12.3. The number of aromatic amines is 1. The van der Waals surface area contributed by atoms with Crippen molar-refractivity contribution in [2.45, 2.75) is 19.1 Å². The van der Waals surface area contributed by atoms with E-state index in [1.807, 2.05) is 5.38 Å². The van der Waals surface area contributed by atoms with Crippen molar-refractivity contribution in [1.82, 2.24) is 14.5 Å². The Hall–Kier alpha value is -1.67. The first-order valence-corrected chi connectivity index (χ1v) is 7.47. The Morgan fingerprint density at radius 3 is 2.81 bits per heavy atom. The maximum Gasteiger partial charge on any atom is 0.416 e. The molecule has 2 heterocycles. The standard InChI is InChI=1S/C13H10F3N3S2/c14-13(15,16)8-1-2-11-10(5-8)18-12(20)19(11)4-3-9-6-21-7-17-9/h1-2,5-7H,3-4H2,(H,18,20). The minimum absolute atomic E-state index is 0.396. The minimum atomic E-state index is -4.35. The van der Waals surface area contributed by atoms with E-state index < -0.39 is 11.7 Å². The Labute approximate surface area is 127 Å². The Balaban J connectivity index is 1.96. The zero-order valence-electron chi connectivity index (χ0n) is 10.6. The predicted molar refractivity (Wildman–Crippen MR) is 77.9 cm³/mol. The molecule has 0 atom stereocenters. The van der Waals surface area contributed by atoms with Crippen LogP contribution in [0.2, 0.25) is 0 Å². The molecule has 0 radical (unpaired) electrons. The van der Waals surface area contributed by atoms with Crippen LogP contribution >= 0.6 is 23.6 Å². The third-order valence-corrected chi connectivity index (χ3v) is 4.13. The first-order chi connectivity index (χ1) is 9.95. The summed E-state index contributed by atoms with van der Waals surface area (Å²) in [5.74, 6) is 0. The molecule has 0 saturated carbocycles. The largest absolute Gasteiger partial charge is 0.416 e. The number of aryl methyl sites for hydroxylation is 2. The van der Waals surface area contributed by atoms with Crippen LogP contribution in [0, 0.1) is 4.77 Å². The van der Waals surface area contributed by atoms with Gasteiger partial charge in [0.25, 0.3) is 0 Å². The second-order valence-electron chi connectivity index (χ2n) is 4.54. The topological polar surface area (TPSA) is 33.6 Å². The molecule has 21 heavy (non-hydrogen) atoms. The van der Waals surface area contributed by atoms with Crippen LogP contribution in [0.5, 0.6) is 0 Å². The lowest BCUT2D eigenvalue weighted by Gasteiger charge is -2.07. The van der Waals surface area contributed by atoms with E-state index in [-0.39, 0.29) is 0 Å². The van der Waals surface area contributed by atoms with Crippen molar-refractivity contribution in [1.29, 1.82) is 0 Å². The normalized spacial score (nSPS) is 12.1. The van der Waals surface area contributed by atoms with Crippen LogP contribution in [-0.4, -0.2) is 14.5 Å². The van der Waals surface area contributed by atoms with E-state index in [1.54, 1.807) is 10.1 Å². The molecule has 0 amide bonds. The maximum atomic E-state index is 12.7. The van der Waals surface area contributed by atoms with Crippen LogP contribution in [0.4, 0.5) is 13.2 Å². The highest BCUT2D eigenvalue weighted by Crippen LogP contribution is 2.31. The minimum Gasteiger partial charge on any atom is -0.331 e. The number of halogens is 3. The van der Waals surface area contributed by atoms with Crippen molar-refractivity contribution in [3.8, 4) is 0 Å². The highest BCUT2D eigenvalue weighted by molar-refractivity contribution is 7.71. The summed E-state index contributed by atoms with van der Waals surface area (Å²) in [5.41, 5.74) is 3.08. The molecule has 0 aliphatic carbocycles. The number of benzene rings is 1. The van der Waals surface area contributed by atoms with Crippen molar-refractivity contribution >= 4 is 34.6 Å². The molecule has 0 aliphatic heterocycles. The Morgan fingerprint density at radius 1 is 1.33 bits per heavy atom. The van der Waals surface area contributed by atoms with Crippen LogP contribution in [0.15, 0.2) is 29.1 Å². The average molecular weight is 329 g/mol. The number of thiazole rings is 1. The van der Waals surface area contributed by atoms with Crippen LogP contribution in [-0.2, 0) is 19.1 Å². The van der Waals surface area contributed by atoms with E-state index in [0.717, 1.165) is 17.8 Å². The maximum absolute atomic E-state index is 12.7. The Morgan fingerprint density at radius 2 is 2.14 bits per heavy atom. The molecule has 1 aromatic carbocycles. The lowest BCUT2D eigenvalue weighted by Crippen LogP contribution is -2.05. The number of fused-ring (bicyclic) bond motifs is 1. The quantitative estimate of drug-likeness (QED) is 0.722. The van der Waals surface area contributed by atoms with Gasteiger partial charge in [-0.3, -0.25) is 0 Å². The van der Waals surface area contributed by atoms with Gasteiger partial charge in [-0.1, -0.05) is 0 Å². The van der Waals surface area contributed by atoms with Crippen LogP contribution in [0.1, 0.15) is 11.3 Å². The molecule has 1 N–H and O–H groups in total. The third-order valence-electron chi connectivity index (χ3n) is 3.18. The molecule has 0 aliphatic rings. The molecule has 0 fully saturated rings. The van der Waals surface area contributed by atoms with Gasteiger partial charge in [-0.05, 0) is 30.4 Å². The second-order valence-corrected chi connectivity index (χ2v) is 5.65. The molecular weight excluding hydrogens is 319 g/mol. The van der Waals surface area contributed by atoms with Gasteiger partial charge in [-0.15, -0.1) is 11.3 Å². The highest BCUT2D eigenvalue weighted by atomic mass is 32.1. The molecule has 8 heteroatoms. The predicted octanol–water partition coefficient (Wildman–Crippen LogP) is 4.42. The lowest BCUT2D eigenvalue weighted by molar-refractivity contribution is -0.137. The molecule has 3 rings (SSSR count). The van der Waals surface area contributed by atoms with Gasteiger partial charge in [0, 0.05) is 18.3 Å². The summed E-state index contributed by atoms with van der Waals surface area (Å²) in [5, 5.41) is 1.94. The zero-order chi connectivity index (χ0) is 15.0. The number of nitrogens with one attached hydrogen (secondary N) is 1. The molecule has 0 bridgehead atoms. The number of H-pyrrole nitrogens is 1. The van der Waals surface area contributed by atoms with Gasteiger partial charge in [-0.2, -0.15) is 13.2 Å². The SMILES string of the molecule is FC(F)(F)c1ccc2c(c1)[nH]c(=S)n2CCc1cscn1. The van der Waals surface area contributed by atoms with E-state index >= 15 is 0 Å². The third kappa shape index (κ3) is 2.86. The second kappa shape index (κ2) is 5.27. The molecule has 0 saturated heterocycles. The summed E-state index contributed by atoms with van der Waals surface area (Å²) >= 11 is 6.70. The smallest absolute Gasteiger partial charge is 0.331 e. The summed E-state index contributed by atoms with van der Waals surface area (Å²) in [6.07, 6.45) is -3.67. The molecule has 110 valence electrons. The number of nitrogens with zero attached hydrogens (tertiary/aromatic N) is 2. The fraction of sp³-hybridized carbons (Fsp3) is 0.231. The fourth-order valence-electron chi connectivity index (χ4n) is 2.15. The van der Waals surface area contributed by atoms with Crippen molar-refractivity contribution in [2.75, 3.05) is 0 Å². The average Bonchev–Trinajstić information content (AvgIpc) is 3.01. The molecule has 3 nitrogen and oxygen atoms in total. The van der Waals surface area contributed by atoms with Crippen molar-refractivity contribution in [2.24, 2.45) is 0 Å². The summed E-state index contributed by atoms with van der Waals surface area (Å²) in [7, 11) is 0. The van der Waals surface area contributed by atoms with Gasteiger partial charge in [0.2, 0.25) is 0 Å². The van der Waals surface area contributed by atoms with E-state index in [0.29, 0.717) is 28.8 Å². The molecule has 2 aromatic heterocycles. The first-order valence-electron chi connectivity index (χ1n) is 6.12. The molecule has 0 unspecified atom stereocenters. The van der Waals surface area contributed by atoms with Gasteiger partial charge in [0.1, 0.15) is 0 Å². The molecular formula is C13H10F3N3S2. The summed E-state index contributed by atoms with van der Waals surface area (Å²) in [6.45, 7) is 0.577. The number of rotatable bonds is 3. The molecule has 0 spiro atoms. The van der Waals surface area contributed by atoms with E-state index in [9.17, 15) is 13.2 Å². The van der Waals surface area contributed by atoms with E-state index in [4.69, 9.17) is 12.2 Å². The van der Waals surface area contributed by atoms with Gasteiger partial charge in [-0.25, -0.2) is 4.98 Å².